The van der Waals surface area contributed by atoms with E-state index in [9.17, 15) is 4.79 Å². The topological polar surface area (TPSA) is 46.3 Å². The van der Waals surface area contributed by atoms with Gasteiger partial charge < -0.3 is 10.6 Å². The molecule has 76 valence electrons. The Morgan fingerprint density at radius 1 is 1.54 bits per heavy atom. The molecule has 0 unspecified atom stereocenters. The molecule has 1 rings (SSSR count). The Balaban J connectivity index is 2.48. The molecule has 2 atom stereocenters. The van der Waals surface area contributed by atoms with E-state index in [1.165, 1.54) is 0 Å². The van der Waals surface area contributed by atoms with Crippen LogP contribution in [0.3, 0.4) is 0 Å². The summed E-state index contributed by atoms with van der Waals surface area (Å²) >= 11 is 0. The van der Waals surface area contributed by atoms with Crippen molar-refractivity contribution in [1.29, 1.82) is 0 Å². The highest BCUT2D eigenvalue weighted by molar-refractivity contribution is 5.82. The summed E-state index contributed by atoms with van der Waals surface area (Å²) in [4.78, 5) is 13.6. The number of amides is 1. The zero-order valence-electron chi connectivity index (χ0n) is 8.79. The highest BCUT2D eigenvalue weighted by Gasteiger charge is 2.28. The Morgan fingerprint density at radius 3 is 2.54 bits per heavy atom. The molecule has 3 nitrogen and oxygen atoms in total. The lowest BCUT2D eigenvalue weighted by atomic mass is 10.0. The molecule has 1 amide bonds. The molecule has 1 saturated heterocycles. The maximum Gasteiger partial charge on any atom is 0.239 e. The highest BCUT2D eigenvalue weighted by Crippen LogP contribution is 2.16. The minimum absolute atomic E-state index is 0.124. The molecule has 3 heteroatoms. The number of nitrogens with two attached hydrogens (primary N) is 1. The molecule has 0 saturated carbocycles. The molecule has 0 spiro atoms. The first-order valence-corrected chi connectivity index (χ1v) is 5.06. The number of hydrogen-bond donors (Lipinski definition) is 1. The zero-order chi connectivity index (χ0) is 10.0. The molecule has 1 heterocycles. The Morgan fingerprint density at radius 2 is 2.15 bits per heavy atom. The number of nitrogens with zero attached hydrogens (tertiary/aromatic N) is 1. The molecule has 13 heavy (non-hydrogen) atoms. The van der Waals surface area contributed by atoms with E-state index in [-0.39, 0.29) is 17.9 Å². The summed E-state index contributed by atoms with van der Waals surface area (Å²) in [7, 11) is 0. The van der Waals surface area contributed by atoms with E-state index < -0.39 is 0 Å². The van der Waals surface area contributed by atoms with Crippen LogP contribution in [-0.4, -0.2) is 29.9 Å². The molecule has 0 aromatic carbocycles. The number of likely N-dealkylation sites (tertiary alicyclic amines) is 1. The van der Waals surface area contributed by atoms with Crippen molar-refractivity contribution in [2.45, 2.75) is 33.2 Å². The van der Waals surface area contributed by atoms with Gasteiger partial charge >= 0.3 is 0 Å². The number of rotatable bonds is 2. The van der Waals surface area contributed by atoms with Gasteiger partial charge in [0.2, 0.25) is 5.91 Å². The molecule has 0 bridgehead atoms. The molecule has 1 aliphatic heterocycles. The fourth-order valence-corrected chi connectivity index (χ4v) is 1.63. The highest BCUT2D eigenvalue weighted by atomic mass is 16.2. The second-order valence-corrected chi connectivity index (χ2v) is 4.45. The Labute approximate surface area is 80.3 Å². The largest absolute Gasteiger partial charge is 0.341 e. The zero-order valence-corrected chi connectivity index (χ0v) is 8.79. The van der Waals surface area contributed by atoms with Gasteiger partial charge in [-0.25, -0.2) is 0 Å². The molecule has 1 aliphatic rings. The summed E-state index contributed by atoms with van der Waals surface area (Å²) in [6, 6.07) is -0.315. The molecule has 2 N–H and O–H groups in total. The fraction of sp³-hybridized carbons (Fsp3) is 0.900. The average Bonchev–Trinajstić information content (AvgIpc) is 2.49. The molecule has 0 radical (unpaired) electrons. The first-order valence-electron chi connectivity index (χ1n) is 5.06. The van der Waals surface area contributed by atoms with E-state index in [2.05, 4.69) is 6.92 Å². The first kappa shape index (κ1) is 10.5. The van der Waals surface area contributed by atoms with Crippen LogP contribution in [0, 0.1) is 11.8 Å². The van der Waals surface area contributed by atoms with Gasteiger partial charge in [-0.2, -0.15) is 0 Å². The van der Waals surface area contributed by atoms with E-state index in [1.807, 2.05) is 18.7 Å². The SMILES string of the molecule is CC(C)[C@@H](N)C(=O)N1CC[C@@H](C)C1. The summed E-state index contributed by atoms with van der Waals surface area (Å²) in [5.74, 6) is 1.01. The third-order valence-electron chi connectivity index (χ3n) is 2.74. The van der Waals surface area contributed by atoms with E-state index in [1.54, 1.807) is 0 Å². The van der Waals surface area contributed by atoms with Crippen LogP contribution in [0.25, 0.3) is 0 Å². The molecule has 0 aliphatic carbocycles. The van der Waals surface area contributed by atoms with Crippen LogP contribution in [0.15, 0.2) is 0 Å². The van der Waals surface area contributed by atoms with Crippen molar-refractivity contribution in [1.82, 2.24) is 4.90 Å². The molecular formula is C10H20N2O. The second-order valence-electron chi connectivity index (χ2n) is 4.45. The lowest BCUT2D eigenvalue weighted by molar-refractivity contribution is -0.132. The predicted octanol–water partition coefficient (Wildman–Crippen LogP) is 0.838. The second kappa shape index (κ2) is 4.09. The average molecular weight is 184 g/mol. The van der Waals surface area contributed by atoms with Gasteiger partial charge in [0, 0.05) is 13.1 Å². The van der Waals surface area contributed by atoms with Gasteiger partial charge in [0.05, 0.1) is 6.04 Å². The molecular weight excluding hydrogens is 164 g/mol. The van der Waals surface area contributed by atoms with Crippen molar-refractivity contribution < 1.29 is 4.79 Å². The van der Waals surface area contributed by atoms with Crippen molar-refractivity contribution in [3.63, 3.8) is 0 Å². The van der Waals surface area contributed by atoms with Gasteiger partial charge in [-0.3, -0.25) is 4.79 Å². The van der Waals surface area contributed by atoms with Crippen molar-refractivity contribution >= 4 is 5.91 Å². The summed E-state index contributed by atoms with van der Waals surface area (Å²) in [5, 5.41) is 0. The smallest absolute Gasteiger partial charge is 0.239 e. The van der Waals surface area contributed by atoms with Gasteiger partial charge in [0.1, 0.15) is 0 Å². The number of carbonyl (C=O) groups excluding carboxylic acids is 1. The van der Waals surface area contributed by atoms with Gasteiger partial charge in [0.25, 0.3) is 0 Å². The molecule has 1 fully saturated rings. The Kier molecular flexibility index (Phi) is 3.31. The van der Waals surface area contributed by atoms with Crippen LogP contribution >= 0.6 is 0 Å². The molecule has 0 aromatic heterocycles. The first-order chi connectivity index (χ1) is 6.02. The lowest BCUT2D eigenvalue weighted by Gasteiger charge is -2.22. The minimum Gasteiger partial charge on any atom is -0.341 e. The van der Waals surface area contributed by atoms with Crippen LogP contribution in [0.5, 0.6) is 0 Å². The van der Waals surface area contributed by atoms with E-state index in [0.717, 1.165) is 19.5 Å². The van der Waals surface area contributed by atoms with E-state index in [4.69, 9.17) is 5.73 Å². The van der Waals surface area contributed by atoms with Crippen LogP contribution in [0.2, 0.25) is 0 Å². The van der Waals surface area contributed by atoms with Crippen molar-refractivity contribution in [2.75, 3.05) is 13.1 Å². The van der Waals surface area contributed by atoms with Crippen molar-refractivity contribution in [3.05, 3.63) is 0 Å². The summed E-state index contributed by atoms with van der Waals surface area (Å²) in [6.07, 6.45) is 1.12. The van der Waals surface area contributed by atoms with Crippen LogP contribution < -0.4 is 5.73 Å². The normalized spacial score (nSPS) is 25.3. The summed E-state index contributed by atoms with van der Waals surface area (Å²) < 4.78 is 0. The lowest BCUT2D eigenvalue weighted by Crippen LogP contribution is -2.45. The van der Waals surface area contributed by atoms with Gasteiger partial charge in [0.15, 0.2) is 0 Å². The number of hydrogen-bond acceptors (Lipinski definition) is 2. The Bertz CT molecular complexity index is 191. The summed E-state index contributed by atoms with van der Waals surface area (Å²) in [6.45, 7) is 7.93. The Hall–Kier alpha value is -0.570. The predicted molar refractivity (Wildman–Crippen MR) is 53.2 cm³/mol. The maximum absolute atomic E-state index is 11.7. The van der Waals surface area contributed by atoms with E-state index in [0.29, 0.717) is 5.92 Å². The fourth-order valence-electron chi connectivity index (χ4n) is 1.63. The van der Waals surface area contributed by atoms with Crippen LogP contribution in [0.1, 0.15) is 27.2 Å². The monoisotopic (exact) mass is 184 g/mol. The van der Waals surface area contributed by atoms with Gasteiger partial charge in [-0.1, -0.05) is 20.8 Å². The van der Waals surface area contributed by atoms with Crippen molar-refractivity contribution in [3.8, 4) is 0 Å². The van der Waals surface area contributed by atoms with E-state index >= 15 is 0 Å². The standard InChI is InChI=1S/C10H20N2O/c1-7(2)9(11)10(13)12-5-4-8(3)6-12/h7-9H,4-6,11H2,1-3H3/t8-,9-/m1/s1. The third kappa shape index (κ3) is 2.44. The minimum atomic E-state index is -0.315. The van der Waals surface area contributed by atoms with Crippen LogP contribution in [0.4, 0.5) is 0 Å². The van der Waals surface area contributed by atoms with Crippen LogP contribution in [-0.2, 0) is 4.79 Å². The molecule has 0 aromatic rings. The van der Waals surface area contributed by atoms with Crippen molar-refractivity contribution in [2.24, 2.45) is 17.6 Å². The quantitative estimate of drug-likeness (QED) is 0.691. The third-order valence-corrected chi connectivity index (χ3v) is 2.74. The number of carbonyl (C=O) groups is 1. The maximum atomic E-state index is 11.7. The van der Waals surface area contributed by atoms with Gasteiger partial charge in [-0.05, 0) is 18.3 Å². The summed E-state index contributed by atoms with van der Waals surface area (Å²) in [5.41, 5.74) is 5.79. The van der Waals surface area contributed by atoms with Gasteiger partial charge in [-0.15, -0.1) is 0 Å².